The van der Waals surface area contributed by atoms with Crippen LogP contribution in [0.25, 0.3) is 0 Å². The zero-order valence-corrected chi connectivity index (χ0v) is 9.83. The Hall–Kier alpha value is -1.99. The largest absolute Gasteiger partial charge is 0.318 e. The lowest BCUT2D eigenvalue weighted by molar-refractivity contribution is -0.384. The smallest absolute Gasteiger partial charge is 0.302 e. The molecule has 2 rings (SSSR count). The van der Waals surface area contributed by atoms with Gasteiger partial charge in [-0.3, -0.25) is 24.5 Å². The van der Waals surface area contributed by atoms with E-state index in [0.29, 0.717) is 0 Å². The molecular weight excluding hydrogens is 287 g/mol. The van der Waals surface area contributed by atoms with E-state index in [-0.39, 0.29) is 10.7 Å². The molecule has 0 fully saturated rings. The molecule has 0 aliphatic carbocycles. The minimum Gasteiger partial charge on any atom is -0.318 e. The molecule has 92 valence electrons. The predicted octanol–water partition coefficient (Wildman–Crippen LogP) is 1.61. The van der Waals surface area contributed by atoms with Crippen molar-refractivity contribution in [2.75, 3.05) is 5.32 Å². The van der Waals surface area contributed by atoms with Crippen molar-refractivity contribution in [2.45, 2.75) is 0 Å². The summed E-state index contributed by atoms with van der Waals surface area (Å²) < 4.78 is 0. The van der Waals surface area contributed by atoms with Crippen molar-refractivity contribution in [3.05, 3.63) is 31.8 Å². The van der Waals surface area contributed by atoms with Crippen LogP contribution >= 0.6 is 23.2 Å². The van der Waals surface area contributed by atoms with E-state index in [9.17, 15) is 24.5 Å². The fourth-order valence-electron chi connectivity index (χ4n) is 1.51. The number of ketones is 2. The number of halogens is 2. The van der Waals surface area contributed by atoms with Crippen molar-refractivity contribution >= 4 is 52.1 Å². The van der Waals surface area contributed by atoms with Gasteiger partial charge in [0.05, 0.1) is 15.6 Å². The number of amides is 1. The van der Waals surface area contributed by atoms with Gasteiger partial charge in [-0.15, -0.1) is 0 Å². The predicted molar refractivity (Wildman–Crippen MR) is 61.1 cm³/mol. The Bertz CT molecular complexity index is 640. The molecule has 1 aromatic rings. The van der Waals surface area contributed by atoms with Crippen molar-refractivity contribution in [3.63, 3.8) is 0 Å². The average molecular weight is 289 g/mol. The van der Waals surface area contributed by atoms with Gasteiger partial charge >= 0.3 is 5.69 Å². The maximum atomic E-state index is 11.6. The third-order valence-corrected chi connectivity index (χ3v) is 3.04. The van der Waals surface area contributed by atoms with Crippen molar-refractivity contribution in [3.8, 4) is 0 Å². The highest BCUT2D eigenvalue weighted by molar-refractivity contribution is 6.71. The molecule has 18 heavy (non-hydrogen) atoms. The molecule has 1 aromatic carbocycles. The molecule has 1 N–H and O–H groups in total. The molecule has 0 saturated carbocycles. The van der Waals surface area contributed by atoms with E-state index in [0.717, 1.165) is 6.07 Å². The lowest BCUT2D eigenvalue weighted by Gasteiger charge is -2.15. The van der Waals surface area contributed by atoms with E-state index in [2.05, 4.69) is 0 Å². The third kappa shape index (κ3) is 1.64. The van der Waals surface area contributed by atoms with Crippen molar-refractivity contribution < 1.29 is 19.3 Å². The molecule has 0 radical (unpaired) electrons. The number of carbonyl (C=O) groups excluding carboxylic acids is 3. The first-order valence-electron chi connectivity index (χ1n) is 4.41. The van der Waals surface area contributed by atoms with E-state index >= 15 is 0 Å². The number of Topliss-reactive ketones (excluding diaryl/α,β-unsaturated/α-hetero) is 2. The first kappa shape index (κ1) is 12.5. The summed E-state index contributed by atoms with van der Waals surface area (Å²) in [6.07, 6.45) is 0. The highest BCUT2D eigenvalue weighted by atomic mass is 35.5. The van der Waals surface area contributed by atoms with Crippen molar-refractivity contribution in [2.24, 2.45) is 0 Å². The van der Waals surface area contributed by atoms with Crippen LogP contribution in [-0.4, -0.2) is 22.4 Å². The number of fused-ring (bicyclic) bond motifs is 1. The summed E-state index contributed by atoms with van der Waals surface area (Å²) in [7, 11) is 0. The zero-order chi connectivity index (χ0) is 13.6. The van der Waals surface area contributed by atoms with Crippen LogP contribution in [0.15, 0.2) is 6.07 Å². The molecule has 0 atom stereocenters. The molecule has 0 spiro atoms. The van der Waals surface area contributed by atoms with E-state index in [1.54, 1.807) is 0 Å². The second-order valence-electron chi connectivity index (χ2n) is 3.31. The Morgan fingerprint density at radius 3 is 2.33 bits per heavy atom. The van der Waals surface area contributed by atoms with Crippen LogP contribution < -0.4 is 5.32 Å². The summed E-state index contributed by atoms with van der Waals surface area (Å²) in [6, 6.07) is 1.08. The van der Waals surface area contributed by atoms with Gasteiger partial charge in [0.15, 0.2) is 0 Å². The molecule has 1 aliphatic heterocycles. The standard InChI is InChI=1S/C9H2Cl2N2O5/c10-2-1-3-4(6(5(2)11)13(17)18)7(14)8(15)9(16)12-3/h1H,(H,12,16). The van der Waals surface area contributed by atoms with Crippen LogP contribution in [0.3, 0.4) is 0 Å². The number of benzene rings is 1. The molecule has 7 nitrogen and oxygen atoms in total. The lowest BCUT2D eigenvalue weighted by atomic mass is 9.98. The first-order valence-corrected chi connectivity index (χ1v) is 5.16. The fraction of sp³-hybridized carbons (Fsp3) is 0. The number of nitro groups is 1. The maximum Gasteiger partial charge on any atom is 0.302 e. The molecule has 1 aliphatic rings. The van der Waals surface area contributed by atoms with E-state index < -0.39 is 38.7 Å². The number of nitro benzene ring substituents is 1. The SMILES string of the molecule is O=C1Nc2cc(Cl)c(Cl)c([N+](=O)[O-])c2C(=O)C1=O. The summed E-state index contributed by atoms with van der Waals surface area (Å²) in [4.78, 5) is 43.8. The number of anilines is 1. The second-order valence-corrected chi connectivity index (χ2v) is 4.10. The molecule has 1 heterocycles. The van der Waals surface area contributed by atoms with Gasteiger partial charge in [0.25, 0.3) is 11.7 Å². The fourth-order valence-corrected chi connectivity index (χ4v) is 1.92. The molecule has 0 aromatic heterocycles. The molecular formula is C9H2Cl2N2O5. The third-order valence-electron chi connectivity index (χ3n) is 2.27. The summed E-state index contributed by atoms with van der Waals surface area (Å²) >= 11 is 11.3. The number of nitrogens with zero attached hydrogens (tertiary/aromatic N) is 1. The Kier molecular flexibility index (Phi) is 2.80. The van der Waals surface area contributed by atoms with Crippen molar-refractivity contribution in [1.82, 2.24) is 0 Å². The highest BCUT2D eigenvalue weighted by Gasteiger charge is 2.40. The number of nitrogens with one attached hydrogen (secondary N) is 1. The van der Waals surface area contributed by atoms with Gasteiger partial charge in [0.2, 0.25) is 5.78 Å². The maximum absolute atomic E-state index is 11.6. The van der Waals surface area contributed by atoms with E-state index in [4.69, 9.17) is 23.2 Å². The molecule has 0 saturated heterocycles. The molecule has 0 bridgehead atoms. The van der Waals surface area contributed by atoms with E-state index in [1.165, 1.54) is 0 Å². The van der Waals surface area contributed by atoms with Gasteiger partial charge in [0.1, 0.15) is 10.6 Å². The molecule has 0 unspecified atom stereocenters. The van der Waals surface area contributed by atoms with Crippen LogP contribution in [0, 0.1) is 10.1 Å². The number of hydrogen-bond acceptors (Lipinski definition) is 5. The normalized spacial score (nSPS) is 14.2. The van der Waals surface area contributed by atoms with E-state index in [1.807, 2.05) is 5.32 Å². The quantitative estimate of drug-likeness (QED) is 0.480. The Morgan fingerprint density at radius 1 is 1.17 bits per heavy atom. The second kappa shape index (κ2) is 4.04. The van der Waals surface area contributed by atoms with Gasteiger partial charge in [-0.1, -0.05) is 23.2 Å². The minimum atomic E-state index is -1.39. The lowest BCUT2D eigenvalue weighted by Crippen LogP contribution is -2.36. The zero-order valence-electron chi connectivity index (χ0n) is 8.32. The number of rotatable bonds is 1. The topological polar surface area (TPSA) is 106 Å². The van der Waals surface area contributed by atoms with Gasteiger partial charge < -0.3 is 5.32 Å². The number of hydrogen-bond donors (Lipinski definition) is 1. The first-order chi connectivity index (χ1) is 8.34. The molecule has 9 heteroatoms. The molecule has 1 amide bonds. The van der Waals surface area contributed by atoms with Crippen molar-refractivity contribution in [1.29, 1.82) is 0 Å². The summed E-state index contributed by atoms with van der Waals surface area (Å²) in [5, 5.41) is 12.2. The van der Waals surface area contributed by atoms with Gasteiger partial charge in [-0.05, 0) is 6.07 Å². The minimum absolute atomic E-state index is 0.203. The summed E-state index contributed by atoms with van der Waals surface area (Å²) in [5.74, 6) is -3.83. The summed E-state index contributed by atoms with van der Waals surface area (Å²) in [6.45, 7) is 0. The van der Waals surface area contributed by atoms with Gasteiger partial charge in [-0.25, -0.2) is 0 Å². The average Bonchev–Trinajstić information content (AvgIpc) is 2.29. The van der Waals surface area contributed by atoms with Crippen LogP contribution in [0.1, 0.15) is 10.4 Å². The van der Waals surface area contributed by atoms with Crippen LogP contribution in [0.2, 0.25) is 10.0 Å². The van der Waals surface area contributed by atoms with Gasteiger partial charge in [0, 0.05) is 0 Å². The Labute approximate surface area is 109 Å². The van der Waals surface area contributed by atoms with Crippen LogP contribution in [0.4, 0.5) is 11.4 Å². The monoisotopic (exact) mass is 288 g/mol. The Morgan fingerprint density at radius 2 is 1.78 bits per heavy atom. The number of carbonyl (C=O) groups is 3. The highest BCUT2D eigenvalue weighted by Crippen LogP contribution is 2.41. The van der Waals surface area contributed by atoms with Crippen LogP contribution in [-0.2, 0) is 9.59 Å². The summed E-state index contributed by atoms with van der Waals surface area (Å²) in [5.41, 5.74) is -1.55. The van der Waals surface area contributed by atoms with Crippen LogP contribution in [0.5, 0.6) is 0 Å². The Balaban J connectivity index is 2.85. The van der Waals surface area contributed by atoms with Gasteiger partial charge in [-0.2, -0.15) is 0 Å².